The minimum absolute atomic E-state index is 0.727. The van der Waals surface area contributed by atoms with Gasteiger partial charge in [-0.25, -0.2) is 15.0 Å². The molecule has 0 fully saturated rings. The van der Waals surface area contributed by atoms with Gasteiger partial charge >= 0.3 is 0 Å². The van der Waals surface area contributed by atoms with Gasteiger partial charge in [-0.1, -0.05) is 54.6 Å². The Morgan fingerprint density at radius 2 is 0.350 bits per heavy atom. The van der Waals surface area contributed by atoms with E-state index in [1.54, 1.807) is 0 Å². The van der Waals surface area contributed by atoms with E-state index in [1.807, 2.05) is 0 Å². The molecule has 0 atom stereocenters. The maximum absolute atomic E-state index is 5.55. The summed E-state index contributed by atoms with van der Waals surface area (Å²) in [4.78, 5) is 16.7. The van der Waals surface area contributed by atoms with Crippen molar-refractivity contribution < 1.29 is 0 Å². The Hall–Kier alpha value is -5.67. The molecule has 0 aliphatic carbocycles. The van der Waals surface area contributed by atoms with Crippen molar-refractivity contribution in [1.29, 1.82) is 0 Å². The smallest absolute Gasteiger partial charge is 0.164 e. The van der Waals surface area contributed by atoms with Crippen molar-refractivity contribution in [3.05, 3.63) is 155 Å². The lowest BCUT2D eigenvalue weighted by molar-refractivity contribution is 1.04. The summed E-state index contributed by atoms with van der Waals surface area (Å²) in [6.07, 6.45) is 0. The molecule has 0 saturated carbocycles. The fourth-order valence-corrected chi connectivity index (χ4v) is 10.4. The van der Waals surface area contributed by atoms with Crippen LogP contribution in [0.25, 0.3) is 67.5 Å². The molecule has 7 aromatic rings. The predicted molar refractivity (Wildman–Crippen MR) is 258 cm³/mol. The van der Waals surface area contributed by atoms with Gasteiger partial charge in [0.05, 0.1) is 0 Å². The summed E-state index contributed by atoms with van der Waals surface area (Å²) in [6, 6.07) is 19.8. The fourth-order valence-electron chi connectivity index (χ4n) is 10.4. The molecule has 6 aromatic carbocycles. The van der Waals surface area contributed by atoms with Crippen molar-refractivity contribution in [2.75, 3.05) is 0 Å². The van der Waals surface area contributed by atoms with Gasteiger partial charge < -0.3 is 0 Å². The number of hydrogen-bond acceptors (Lipinski definition) is 3. The van der Waals surface area contributed by atoms with Gasteiger partial charge in [0.25, 0.3) is 0 Å². The van der Waals surface area contributed by atoms with Crippen LogP contribution in [0.4, 0.5) is 0 Å². The first-order valence-corrected chi connectivity index (χ1v) is 21.6. The summed E-state index contributed by atoms with van der Waals surface area (Å²) < 4.78 is 0. The number of nitrogens with zero attached hydrogens (tertiary/aromatic N) is 3. The first kappa shape index (κ1) is 42.5. The average Bonchev–Trinajstić information content (AvgIpc) is 3.19. The molecule has 0 saturated heterocycles. The van der Waals surface area contributed by atoms with Crippen LogP contribution in [0.3, 0.4) is 0 Å². The first-order chi connectivity index (χ1) is 28.3. The molecule has 1 heterocycles. The molecular weight excluding hydrogens is 727 g/mol. The van der Waals surface area contributed by atoms with Crippen LogP contribution in [0.5, 0.6) is 0 Å². The highest BCUT2D eigenvalue weighted by atomic mass is 15.0. The van der Waals surface area contributed by atoms with Crippen LogP contribution in [-0.4, -0.2) is 15.0 Å². The third-order valence-electron chi connectivity index (χ3n) is 14.4. The van der Waals surface area contributed by atoms with Gasteiger partial charge in [0.1, 0.15) is 0 Å². The standard InChI is InChI=1S/C57H63N3/c1-28-22-19-23-29(2)46(28)49-34(7)40(13)52(41(14)35(49)8)55-58-56(53-42(15)36(9)50(37(10)43(53)16)47-30(3)24-20-25-31(47)4)60-57(59-55)54-44(17)38(11)51(39(12)45(54)18)48-32(5)26-21-27-33(48)6/h19-27H,1-18H3. The second-order valence-electron chi connectivity index (χ2n) is 17.9. The van der Waals surface area contributed by atoms with Crippen molar-refractivity contribution in [2.45, 2.75) is 125 Å². The lowest BCUT2D eigenvalue weighted by atomic mass is 9.82. The molecular formula is C57H63N3. The highest BCUT2D eigenvalue weighted by Crippen LogP contribution is 2.45. The number of rotatable bonds is 6. The van der Waals surface area contributed by atoms with E-state index in [2.05, 4.69) is 179 Å². The molecule has 306 valence electrons. The van der Waals surface area contributed by atoms with Crippen molar-refractivity contribution in [1.82, 2.24) is 15.0 Å². The van der Waals surface area contributed by atoms with Crippen LogP contribution >= 0.6 is 0 Å². The van der Waals surface area contributed by atoms with Crippen LogP contribution in [-0.2, 0) is 0 Å². The summed E-state index contributed by atoms with van der Waals surface area (Å²) in [5.41, 5.74) is 33.8. The number of aromatic nitrogens is 3. The van der Waals surface area contributed by atoms with Gasteiger partial charge in [-0.2, -0.15) is 0 Å². The third-order valence-corrected chi connectivity index (χ3v) is 14.4. The lowest BCUT2D eigenvalue weighted by Gasteiger charge is -2.25. The minimum atomic E-state index is 0.727. The molecule has 0 bridgehead atoms. The van der Waals surface area contributed by atoms with E-state index in [0.29, 0.717) is 0 Å². The van der Waals surface area contributed by atoms with E-state index in [4.69, 9.17) is 15.0 Å². The summed E-state index contributed by atoms with van der Waals surface area (Å²) >= 11 is 0. The van der Waals surface area contributed by atoms with E-state index in [-0.39, 0.29) is 0 Å². The molecule has 0 aliphatic heterocycles. The Morgan fingerprint density at radius 1 is 0.200 bits per heavy atom. The van der Waals surface area contributed by atoms with Gasteiger partial charge in [-0.05, 0) is 258 Å². The Labute approximate surface area is 360 Å². The van der Waals surface area contributed by atoms with Gasteiger partial charge in [-0.3, -0.25) is 0 Å². The molecule has 0 amide bonds. The van der Waals surface area contributed by atoms with E-state index >= 15 is 0 Å². The minimum Gasteiger partial charge on any atom is -0.208 e. The van der Waals surface area contributed by atoms with Crippen molar-refractivity contribution in [3.8, 4) is 67.5 Å². The summed E-state index contributed by atoms with van der Waals surface area (Å²) in [5.74, 6) is 2.18. The molecule has 3 heteroatoms. The van der Waals surface area contributed by atoms with Gasteiger partial charge in [-0.15, -0.1) is 0 Å². The van der Waals surface area contributed by atoms with E-state index in [1.165, 1.54) is 134 Å². The van der Waals surface area contributed by atoms with Crippen molar-refractivity contribution in [2.24, 2.45) is 0 Å². The normalized spacial score (nSPS) is 11.5. The topological polar surface area (TPSA) is 38.7 Å². The monoisotopic (exact) mass is 790 g/mol. The Morgan fingerprint density at radius 3 is 0.517 bits per heavy atom. The predicted octanol–water partition coefficient (Wildman–Crippen LogP) is 15.4. The van der Waals surface area contributed by atoms with Gasteiger partial charge in [0, 0.05) is 16.7 Å². The molecule has 0 N–H and O–H groups in total. The van der Waals surface area contributed by atoms with E-state index < -0.39 is 0 Å². The van der Waals surface area contributed by atoms with E-state index in [0.717, 1.165) is 34.2 Å². The van der Waals surface area contributed by atoms with Crippen LogP contribution in [0.15, 0.2) is 54.6 Å². The largest absolute Gasteiger partial charge is 0.208 e. The van der Waals surface area contributed by atoms with Crippen LogP contribution in [0, 0.1) is 125 Å². The van der Waals surface area contributed by atoms with Crippen molar-refractivity contribution in [3.63, 3.8) is 0 Å². The van der Waals surface area contributed by atoms with Gasteiger partial charge in [0.15, 0.2) is 17.5 Å². The lowest BCUT2D eigenvalue weighted by Crippen LogP contribution is -2.10. The molecule has 1 aromatic heterocycles. The highest BCUT2D eigenvalue weighted by Gasteiger charge is 2.28. The first-order valence-electron chi connectivity index (χ1n) is 21.6. The van der Waals surface area contributed by atoms with E-state index in [9.17, 15) is 0 Å². The number of hydrogen-bond donors (Lipinski definition) is 0. The number of aryl methyl sites for hydroxylation is 6. The molecule has 0 aliphatic rings. The quantitative estimate of drug-likeness (QED) is 0.168. The maximum atomic E-state index is 5.55. The Bertz CT molecular complexity index is 2460. The Balaban J connectivity index is 1.59. The molecule has 0 spiro atoms. The fraction of sp³-hybridized carbons (Fsp3) is 0.316. The summed E-state index contributed by atoms with van der Waals surface area (Å²) in [5, 5.41) is 0. The Kier molecular flexibility index (Phi) is 11.1. The van der Waals surface area contributed by atoms with Gasteiger partial charge in [0.2, 0.25) is 0 Å². The van der Waals surface area contributed by atoms with Crippen LogP contribution in [0.1, 0.15) is 100 Å². The SMILES string of the molecule is Cc1cccc(C)c1-c1c(C)c(C)c(-c2nc(-c3c(C)c(C)c(-c4c(C)cccc4C)c(C)c3C)nc(-c3c(C)c(C)c(-c4c(C)cccc4C)c(C)c3C)n2)c(C)c1C. The molecule has 7 rings (SSSR count). The molecule has 0 radical (unpaired) electrons. The summed E-state index contributed by atoms with van der Waals surface area (Å²) in [7, 11) is 0. The number of benzene rings is 6. The maximum Gasteiger partial charge on any atom is 0.164 e. The third kappa shape index (κ3) is 6.62. The molecule has 0 unspecified atom stereocenters. The second-order valence-corrected chi connectivity index (χ2v) is 17.9. The zero-order valence-corrected chi connectivity index (χ0v) is 39.5. The van der Waals surface area contributed by atoms with Crippen LogP contribution < -0.4 is 0 Å². The summed E-state index contributed by atoms with van der Waals surface area (Å²) in [6.45, 7) is 40.5. The zero-order chi connectivity index (χ0) is 43.8. The molecule has 3 nitrogen and oxygen atoms in total. The molecule has 60 heavy (non-hydrogen) atoms. The second kappa shape index (κ2) is 15.7. The van der Waals surface area contributed by atoms with Crippen molar-refractivity contribution >= 4 is 0 Å². The highest BCUT2D eigenvalue weighted by molar-refractivity contribution is 5.88. The van der Waals surface area contributed by atoms with Crippen LogP contribution in [0.2, 0.25) is 0 Å². The zero-order valence-electron chi connectivity index (χ0n) is 39.5. The average molecular weight is 790 g/mol.